The fourth-order valence-corrected chi connectivity index (χ4v) is 2.26. The van der Waals surface area contributed by atoms with Gasteiger partial charge in [-0.3, -0.25) is 0 Å². The third kappa shape index (κ3) is 2.67. The molecule has 2 unspecified atom stereocenters. The predicted molar refractivity (Wildman–Crippen MR) is 71.0 cm³/mol. The molecule has 1 aromatic rings. The number of aliphatic hydroxyl groups excluding tert-OH is 1. The molecule has 0 saturated carbocycles. The molecule has 0 amide bonds. The van der Waals surface area contributed by atoms with Crippen molar-refractivity contribution in [1.82, 2.24) is 0 Å². The zero-order valence-corrected chi connectivity index (χ0v) is 10.8. The van der Waals surface area contributed by atoms with Crippen molar-refractivity contribution in [1.29, 1.82) is 0 Å². The maximum absolute atomic E-state index is 9.92. The molecule has 0 bridgehead atoms. The lowest BCUT2D eigenvalue weighted by Crippen LogP contribution is -2.17. The molecular formula is C15H20O3. The predicted octanol–water partition coefficient (Wildman–Crippen LogP) is 3.24. The van der Waals surface area contributed by atoms with Crippen LogP contribution in [-0.4, -0.2) is 18.0 Å². The molecule has 0 aromatic heterocycles. The number of benzene rings is 1. The quantitative estimate of drug-likeness (QED) is 0.785. The Kier molecular flexibility index (Phi) is 4.26. The van der Waals surface area contributed by atoms with Gasteiger partial charge in [0.25, 0.3) is 0 Å². The van der Waals surface area contributed by atoms with E-state index in [-0.39, 0.29) is 5.92 Å². The SMILES string of the molecule is C=CCOc1ccc2c(c1)C(CCCC)C(O)O2. The van der Waals surface area contributed by atoms with Crippen LogP contribution in [0.4, 0.5) is 0 Å². The highest BCUT2D eigenvalue weighted by Crippen LogP contribution is 2.41. The summed E-state index contributed by atoms with van der Waals surface area (Å²) in [7, 11) is 0. The van der Waals surface area contributed by atoms with Crippen molar-refractivity contribution in [2.24, 2.45) is 0 Å². The van der Waals surface area contributed by atoms with Gasteiger partial charge in [0.15, 0.2) is 0 Å². The van der Waals surface area contributed by atoms with E-state index in [0.29, 0.717) is 6.61 Å². The molecule has 0 aliphatic carbocycles. The van der Waals surface area contributed by atoms with E-state index in [4.69, 9.17) is 9.47 Å². The van der Waals surface area contributed by atoms with Crippen LogP contribution in [0, 0.1) is 0 Å². The summed E-state index contributed by atoms with van der Waals surface area (Å²) >= 11 is 0. The van der Waals surface area contributed by atoms with Crippen LogP contribution in [-0.2, 0) is 0 Å². The number of rotatable bonds is 6. The van der Waals surface area contributed by atoms with Gasteiger partial charge in [0.2, 0.25) is 6.29 Å². The monoisotopic (exact) mass is 248 g/mol. The summed E-state index contributed by atoms with van der Waals surface area (Å²) in [4.78, 5) is 0. The minimum Gasteiger partial charge on any atom is -0.490 e. The van der Waals surface area contributed by atoms with E-state index in [2.05, 4.69) is 13.5 Å². The Morgan fingerprint density at radius 2 is 2.33 bits per heavy atom. The van der Waals surface area contributed by atoms with Crippen LogP contribution >= 0.6 is 0 Å². The number of hydrogen-bond acceptors (Lipinski definition) is 3. The largest absolute Gasteiger partial charge is 0.490 e. The Morgan fingerprint density at radius 3 is 3.06 bits per heavy atom. The topological polar surface area (TPSA) is 38.7 Å². The van der Waals surface area contributed by atoms with Gasteiger partial charge in [-0.25, -0.2) is 0 Å². The van der Waals surface area contributed by atoms with E-state index in [1.165, 1.54) is 0 Å². The van der Waals surface area contributed by atoms with Gasteiger partial charge in [-0.1, -0.05) is 32.4 Å². The first-order chi connectivity index (χ1) is 8.76. The Balaban J connectivity index is 2.16. The average Bonchev–Trinajstić information content (AvgIpc) is 2.69. The van der Waals surface area contributed by atoms with Crippen molar-refractivity contribution in [2.75, 3.05) is 6.61 Å². The van der Waals surface area contributed by atoms with Gasteiger partial charge in [-0.05, 0) is 24.6 Å². The molecule has 0 spiro atoms. The van der Waals surface area contributed by atoms with Crippen LogP contribution in [0.5, 0.6) is 11.5 Å². The molecule has 1 aromatic carbocycles. The third-order valence-corrected chi connectivity index (χ3v) is 3.21. The van der Waals surface area contributed by atoms with Crippen LogP contribution < -0.4 is 9.47 Å². The Morgan fingerprint density at radius 1 is 1.50 bits per heavy atom. The highest BCUT2D eigenvalue weighted by molar-refractivity contribution is 5.45. The molecule has 0 saturated heterocycles. The standard InChI is InChI=1S/C15H20O3/c1-3-5-6-12-13-10-11(17-9-4-2)7-8-14(13)18-15(12)16/h4,7-8,10,12,15-16H,2-3,5-6,9H2,1H3. The molecule has 98 valence electrons. The van der Waals surface area contributed by atoms with E-state index < -0.39 is 6.29 Å². The highest BCUT2D eigenvalue weighted by Gasteiger charge is 2.32. The van der Waals surface area contributed by atoms with Gasteiger partial charge in [-0.15, -0.1) is 0 Å². The molecule has 3 nitrogen and oxygen atoms in total. The second-order valence-electron chi connectivity index (χ2n) is 4.56. The first-order valence-corrected chi connectivity index (χ1v) is 6.48. The molecule has 0 fully saturated rings. The van der Waals surface area contributed by atoms with Crippen molar-refractivity contribution in [3.63, 3.8) is 0 Å². The van der Waals surface area contributed by atoms with Gasteiger partial charge >= 0.3 is 0 Å². The second-order valence-corrected chi connectivity index (χ2v) is 4.56. The van der Waals surface area contributed by atoms with Crippen molar-refractivity contribution >= 4 is 0 Å². The minimum absolute atomic E-state index is 0.0623. The Labute approximate surface area is 108 Å². The summed E-state index contributed by atoms with van der Waals surface area (Å²) in [6.45, 7) is 6.26. The van der Waals surface area contributed by atoms with Crippen molar-refractivity contribution in [3.05, 3.63) is 36.4 Å². The number of unbranched alkanes of at least 4 members (excludes halogenated alkanes) is 1. The Hall–Kier alpha value is -1.48. The van der Waals surface area contributed by atoms with E-state index in [1.54, 1.807) is 6.08 Å². The first kappa shape index (κ1) is 13.0. The molecule has 3 heteroatoms. The smallest absolute Gasteiger partial charge is 0.204 e. The van der Waals surface area contributed by atoms with E-state index >= 15 is 0 Å². The minimum atomic E-state index is -0.721. The van der Waals surface area contributed by atoms with Crippen molar-refractivity contribution in [2.45, 2.75) is 38.4 Å². The molecular weight excluding hydrogens is 228 g/mol. The lowest BCUT2D eigenvalue weighted by molar-refractivity contribution is -0.0202. The van der Waals surface area contributed by atoms with Crippen LogP contribution in [0.3, 0.4) is 0 Å². The van der Waals surface area contributed by atoms with Crippen LogP contribution in [0.1, 0.15) is 37.7 Å². The van der Waals surface area contributed by atoms with Gasteiger partial charge < -0.3 is 14.6 Å². The van der Waals surface area contributed by atoms with Crippen molar-refractivity contribution < 1.29 is 14.6 Å². The van der Waals surface area contributed by atoms with Crippen LogP contribution in [0.25, 0.3) is 0 Å². The normalized spacial score (nSPS) is 21.2. The molecule has 2 rings (SSSR count). The van der Waals surface area contributed by atoms with Crippen molar-refractivity contribution in [3.8, 4) is 11.5 Å². The summed E-state index contributed by atoms with van der Waals surface area (Å²) in [6, 6.07) is 5.69. The van der Waals surface area contributed by atoms with Gasteiger partial charge in [0.1, 0.15) is 18.1 Å². The summed E-state index contributed by atoms with van der Waals surface area (Å²) in [5.41, 5.74) is 1.05. The fourth-order valence-electron chi connectivity index (χ4n) is 2.26. The van der Waals surface area contributed by atoms with Crippen LogP contribution in [0.15, 0.2) is 30.9 Å². The molecule has 1 aliphatic heterocycles. The zero-order chi connectivity index (χ0) is 13.0. The summed E-state index contributed by atoms with van der Waals surface area (Å²) < 4.78 is 11.0. The third-order valence-electron chi connectivity index (χ3n) is 3.21. The maximum atomic E-state index is 9.92. The number of fused-ring (bicyclic) bond motifs is 1. The number of aliphatic hydroxyl groups is 1. The molecule has 1 heterocycles. The van der Waals surface area contributed by atoms with Gasteiger partial charge in [-0.2, -0.15) is 0 Å². The van der Waals surface area contributed by atoms with Gasteiger partial charge in [0.05, 0.1) is 5.92 Å². The molecule has 1 aliphatic rings. The highest BCUT2D eigenvalue weighted by atomic mass is 16.6. The first-order valence-electron chi connectivity index (χ1n) is 6.48. The maximum Gasteiger partial charge on any atom is 0.204 e. The molecule has 0 radical (unpaired) electrons. The zero-order valence-electron chi connectivity index (χ0n) is 10.8. The molecule has 1 N–H and O–H groups in total. The van der Waals surface area contributed by atoms with Gasteiger partial charge in [0, 0.05) is 5.56 Å². The lowest BCUT2D eigenvalue weighted by Gasteiger charge is -2.13. The summed E-state index contributed by atoms with van der Waals surface area (Å²) in [5, 5.41) is 9.92. The van der Waals surface area contributed by atoms with E-state index in [1.807, 2.05) is 18.2 Å². The number of ether oxygens (including phenoxy) is 2. The van der Waals surface area contributed by atoms with E-state index in [0.717, 1.165) is 36.3 Å². The Bertz CT molecular complexity index is 414. The summed E-state index contributed by atoms with van der Waals surface area (Å²) in [5.74, 6) is 1.63. The van der Waals surface area contributed by atoms with Crippen LogP contribution in [0.2, 0.25) is 0 Å². The molecule has 2 atom stereocenters. The average molecular weight is 248 g/mol. The summed E-state index contributed by atoms with van der Waals surface area (Å²) in [6.07, 6.45) is 4.14. The second kappa shape index (κ2) is 5.91. The molecule has 18 heavy (non-hydrogen) atoms. The number of hydrogen-bond donors (Lipinski definition) is 1. The lowest BCUT2D eigenvalue weighted by atomic mass is 9.94. The fraction of sp³-hybridized carbons (Fsp3) is 0.467. The van der Waals surface area contributed by atoms with E-state index in [9.17, 15) is 5.11 Å².